The quantitative estimate of drug-likeness (QED) is 0.817. The van der Waals surface area contributed by atoms with Crippen LogP contribution < -0.4 is 5.32 Å². The fourth-order valence-corrected chi connectivity index (χ4v) is 1.29. The van der Waals surface area contributed by atoms with Gasteiger partial charge in [0, 0.05) is 11.9 Å². The van der Waals surface area contributed by atoms with E-state index in [2.05, 4.69) is 15.5 Å². The standard InChI is InChI=1S/C12H8N6/c13-7-10(8-14)9-15-11-1-3-12(4-2-11)18-16-5-6-17-18/h1-6,9,15H. The van der Waals surface area contributed by atoms with E-state index < -0.39 is 0 Å². The zero-order valence-electron chi connectivity index (χ0n) is 9.28. The summed E-state index contributed by atoms with van der Waals surface area (Å²) in [6.45, 7) is 0. The molecule has 0 bridgehead atoms. The van der Waals surface area contributed by atoms with Crippen molar-refractivity contribution in [3.8, 4) is 17.8 Å². The second-order valence-electron chi connectivity index (χ2n) is 3.29. The fraction of sp³-hybridized carbons (Fsp3) is 0. The third kappa shape index (κ3) is 2.52. The summed E-state index contributed by atoms with van der Waals surface area (Å²) in [6.07, 6.45) is 4.56. The van der Waals surface area contributed by atoms with Crippen LogP contribution in [0.25, 0.3) is 5.69 Å². The summed E-state index contributed by atoms with van der Waals surface area (Å²) in [7, 11) is 0. The van der Waals surface area contributed by atoms with Crippen LogP contribution in [-0.2, 0) is 0 Å². The van der Waals surface area contributed by atoms with Gasteiger partial charge in [0.2, 0.25) is 0 Å². The van der Waals surface area contributed by atoms with E-state index in [0.29, 0.717) is 0 Å². The normalized spacial score (nSPS) is 9.00. The van der Waals surface area contributed by atoms with Gasteiger partial charge in [-0.25, -0.2) is 0 Å². The van der Waals surface area contributed by atoms with Gasteiger partial charge >= 0.3 is 0 Å². The Kier molecular flexibility index (Phi) is 3.34. The number of rotatable bonds is 3. The molecule has 0 fully saturated rings. The van der Waals surface area contributed by atoms with Gasteiger partial charge in [-0.05, 0) is 24.3 Å². The van der Waals surface area contributed by atoms with Gasteiger partial charge in [-0.1, -0.05) is 0 Å². The minimum atomic E-state index is 0.0211. The average molecular weight is 236 g/mol. The topological polar surface area (TPSA) is 90.3 Å². The number of nitrogens with zero attached hydrogens (tertiary/aromatic N) is 5. The van der Waals surface area contributed by atoms with Gasteiger partial charge in [0.1, 0.15) is 17.7 Å². The Morgan fingerprint density at radius 1 is 1.11 bits per heavy atom. The van der Waals surface area contributed by atoms with Crippen molar-refractivity contribution in [3.05, 3.63) is 48.4 Å². The molecule has 0 radical (unpaired) electrons. The second kappa shape index (κ2) is 5.28. The zero-order valence-corrected chi connectivity index (χ0v) is 9.28. The van der Waals surface area contributed by atoms with Crippen LogP contribution in [0.15, 0.2) is 48.4 Å². The van der Waals surface area contributed by atoms with Gasteiger partial charge in [-0.2, -0.15) is 25.5 Å². The molecule has 0 aliphatic heterocycles. The van der Waals surface area contributed by atoms with Gasteiger partial charge in [-0.15, -0.1) is 0 Å². The number of allylic oxidation sites excluding steroid dienone is 1. The monoisotopic (exact) mass is 236 g/mol. The zero-order chi connectivity index (χ0) is 12.8. The smallest absolute Gasteiger partial charge is 0.145 e. The highest BCUT2D eigenvalue weighted by atomic mass is 15.5. The van der Waals surface area contributed by atoms with Gasteiger partial charge in [0.15, 0.2) is 0 Å². The summed E-state index contributed by atoms with van der Waals surface area (Å²) in [4.78, 5) is 1.50. The third-order valence-corrected chi connectivity index (χ3v) is 2.14. The van der Waals surface area contributed by atoms with Crippen molar-refractivity contribution >= 4 is 5.69 Å². The number of aromatic nitrogens is 3. The molecule has 0 aliphatic rings. The van der Waals surface area contributed by atoms with Gasteiger partial charge in [0.25, 0.3) is 0 Å². The van der Waals surface area contributed by atoms with E-state index in [0.717, 1.165) is 11.4 Å². The molecule has 6 heteroatoms. The number of hydrogen-bond donors (Lipinski definition) is 1. The van der Waals surface area contributed by atoms with E-state index in [1.807, 2.05) is 24.3 Å². The highest BCUT2D eigenvalue weighted by Crippen LogP contribution is 2.11. The fourth-order valence-electron chi connectivity index (χ4n) is 1.29. The van der Waals surface area contributed by atoms with Crippen molar-refractivity contribution < 1.29 is 0 Å². The van der Waals surface area contributed by atoms with Crippen LogP contribution >= 0.6 is 0 Å². The third-order valence-electron chi connectivity index (χ3n) is 2.14. The lowest BCUT2D eigenvalue weighted by molar-refractivity contribution is 0.752. The lowest BCUT2D eigenvalue weighted by atomic mass is 10.3. The predicted octanol–water partition coefficient (Wildman–Crippen LogP) is 1.61. The molecule has 0 atom stereocenters. The Labute approximate surface area is 103 Å². The molecule has 6 nitrogen and oxygen atoms in total. The van der Waals surface area contributed by atoms with Crippen LogP contribution in [0.5, 0.6) is 0 Å². The lowest BCUT2D eigenvalue weighted by Gasteiger charge is -2.02. The molecular formula is C12H8N6. The van der Waals surface area contributed by atoms with E-state index in [1.54, 1.807) is 24.5 Å². The molecular weight excluding hydrogens is 228 g/mol. The number of nitriles is 2. The first-order valence-electron chi connectivity index (χ1n) is 5.07. The lowest BCUT2D eigenvalue weighted by Crippen LogP contribution is -1.98. The first-order valence-corrected chi connectivity index (χ1v) is 5.07. The summed E-state index contributed by atoms with van der Waals surface area (Å²) < 4.78 is 0. The molecule has 0 spiro atoms. The molecule has 2 rings (SSSR count). The molecule has 86 valence electrons. The molecule has 0 aliphatic carbocycles. The van der Waals surface area contributed by atoms with Crippen molar-refractivity contribution in [2.24, 2.45) is 0 Å². The number of nitrogens with one attached hydrogen (secondary N) is 1. The summed E-state index contributed by atoms with van der Waals surface area (Å²) in [5, 5.41) is 28.0. The van der Waals surface area contributed by atoms with Crippen LogP contribution in [0.2, 0.25) is 0 Å². The van der Waals surface area contributed by atoms with E-state index >= 15 is 0 Å². The molecule has 1 heterocycles. The summed E-state index contributed by atoms with van der Waals surface area (Å²) in [5.74, 6) is 0. The maximum atomic E-state index is 8.57. The summed E-state index contributed by atoms with van der Waals surface area (Å²) in [6, 6.07) is 10.8. The molecule has 2 aromatic rings. The summed E-state index contributed by atoms with van der Waals surface area (Å²) >= 11 is 0. The van der Waals surface area contributed by atoms with E-state index in [-0.39, 0.29) is 5.57 Å². The molecule has 0 saturated carbocycles. The highest BCUT2D eigenvalue weighted by molar-refractivity contribution is 5.52. The molecule has 0 amide bonds. The number of anilines is 1. The van der Waals surface area contributed by atoms with Crippen molar-refractivity contribution in [1.29, 1.82) is 10.5 Å². The minimum absolute atomic E-state index is 0.0211. The molecule has 0 saturated heterocycles. The first kappa shape index (κ1) is 11.4. The number of hydrogen-bond acceptors (Lipinski definition) is 5. The van der Waals surface area contributed by atoms with Crippen LogP contribution in [0.4, 0.5) is 5.69 Å². The number of benzene rings is 1. The van der Waals surface area contributed by atoms with Crippen molar-refractivity contribution in [2.45, 2.75) is 0 Å². The maximum absolute atomic E-state index is 8.57. The molecule has 1 aromatic carbocycles. The second-order valence-corrected chi connectivity index (χ2v) is 3.29. The van der Waals surface area contributed by atoms with E-state index in [9.17, 15) is 0 Å². The SMILES string of the molecule is N#CC(C#N)=CNc1ccc(-n2nccn2)cc1. The molecule has 1 N–H and O–H groups in total. The van der Waals surface area contributed by atoms with Crippen LogP contribution in [-0.4, -0.2) is 15.0 Å². The Balaban J connectivity index is 2.12. The van der Waals surface area contributed by atoms with Crippen LogP contribution in [0, 0.1) is 22.7 Å². The van der Waals surface area contributed by atoms with E-state index in [4.69, 9.17) is 10.5 Å². The van der Waals surface area contributed by atoms with E-state index in [1.165, 1.54) is 11.0 Å². The van der Waals surface area contributed by atoms with Crippen molar-refractivity contribution in [1.82, 2.24) is 15.0 Å². The van der Waals surface area contributed by atoms with Crippen LogP contribution in [0.3, 0.4) is 0 Å². The Morgan fingerprint density at radius 3 is 2.28 bits per heavy atom. The Bertz CT molecular complexity index is 609. The van der Waals surface area contributed by atoms with Crippen molar-refractivity contribution in [3.63, 3.8) is 0 Å². The van der Waals surface area contributed by atoms with Crippen LogP contribution in [0.1, 0.15) is 0 Å². The highest BCUT2D eigenvalue weighted by Gasteiger charge is 1.97. The molecule has 1 aromatic heterocycles. The Morgan fingerprint density at radius 2 is 1.72 bits per heavy atom. The summed E-state index contributed by atoms with van der Waals surface area (Å²) in [5.41, 5.74) is 1.62. The first-order chi connectivity index (χ1) is 8.83. The predicted molar refractivity (Wildman–Crippen MR) is 64.3 cm³/mol. The average Bonchev–Trinajstić information content (AvgIpc) is 2.94. The van der Waals surface area contributed by atoms with Crippen molar-refractivity contribution in [2.75, 3.05) is 5.32 Å². The van der Waals surface area contributed by atoms with Gasteiger partial charge < -0.3 is 5.32 Å². The molecule has 0 unspecified atom stereocenters. The minimum Gasteiger partial charge on any atom is -0.360 e. The van der Waals surface area contributed by atoms with Gasteiger partial charge in [0.05, 0.1) is 18.1 Å². The Hall–Kier alpha value is -3.12. The van der Waals surface area contributed by atoms with Gasteiger partial charge in [-0.3, -0.25) is 0 Å². The maximum Gasteiger partial charge on any atom is 0.145 e. The largest absolute Gasteiger partial charge is 0.360 e. The molecule has 18 heavy (non-hydrogen) atoms.